The number of ether oxygens (including phenoxy) is 3. The number of rotatable bonds is 1. The van der Waals surface area contributed by atoms with Crippen molar-refractivity contribution in [1.29, 1.82) is 0 Å². The van der Waals surface area contributed by atoms with E-state index < -0.39 is 29.7 Å². The van der Waals surface area contributed by atoms with Crippen LogP contribution in [0.15, 0.2) is 24.3 Å². The second kappa shape index (κ2) is 7.64. The quantitative estimate of drug-likeness (QED) is 0.319. The highest BCUT2D eigenvalue weighted by molar-refractivity contribution is 5.91. The zero-order valence-electron chi connectivity index (χ0n) is 17.3. The van der Waals surface area contributed by atoms with E-state index in [1.807, 2.05) is 26.0 Å². The molecule has 2 aliphatic heterocycles. The van der Waals surface area contributed by atoms with Crippen LogP contribution < -0.4 is 0 Å². The number of fused-ring (bicyclic) bond motifs is 2. The van der Waals surface area contributed by atoms with Gasteiger partial charge in [0, 0.05) is 18.4 Å². The first-order chi connectivity index (χ1) is 13.0. The fourth-order valence-electron chi connectivity index (χ4n) is 4.48. The third-order valence-corrected chi connectivity index (χ3v) is 6.38. The van der Waals surface area contributed by atoms with Gasteiger partial charge in [0.05, 0.1) is 17.3 Å². The molecule has 156 valence electrons. The maximum Gasteiger partial charge on any atom is 0.334 e. The van der Waals surface area contributed by atoms with Crippen molar-refractivity contribution < 1.29 is 28.9 Å². The zero-order valence-corrected chi connectivity index (χ0v) is 17.3. The molecule has 2 saturated heterocycles. The summed E-state index contributed by atoms with van der Waals surface area (Å²) >= 11 is 0. The summed E-state index contributed by atoms with van der Waals surface area (Å²) in [5.41, 5.74) is -0.786. The number of carbonyl (C=O) groups is 2. The topological polar surface area (TPSA) is 85.4 Å². The maximum absolute atomic E-state index is 12.3. The van der Waals surface area contributed by atoms with Crippen LogP contribution in [-0.2, 0) is 23.8 Å². The van der Waals surface area contributed by atoms with Gasteiger partial charge in [0.15, 0.2) is 0 Å². The molecule has 6 heteroatoms. The van der Waals surface area contributed by atoms with Crippen LogP contribution in [0.5, 0.6) is 0 Å². The fraction of sp³-hybridized carbons (Fsp3) is 0.727. The highest BCUT2D eigenvalue weighted by atomic mass is 16.6. The van der Waals surface area contributed by atoms with Crippen LogP contribution in [0, 0.1) is 11.8 Å². The Hall–Kier alpha value is -1.66. The molecule has 3 aliphatic rings. The number of hydrogen-bond acceptors (Lipinski definition) is 6. The Morgan fingerprint density at radius 3 is 2.79 bits per heavy atom. The van der Waals surface area contributed by atoms with Crippen molar-refractivity contribution >= 4 is 11.9 Å². The largest absolute Gasteiger partial charge is 0.458 e. The molecule has 1 aliphatic carbocycles. The number of esters is 2. The second-order valence-electron chi connectivity index (χ2n) is 9.06. The molecular weight excluding hydrogens is 360 g/mol. The summed E-state index contributed by atoms with van der Waals surface area (Å²) in [7, 11) is 0. The van der Waals surface area contributed by atoms with Crippen LogP contribution >= 0.6 is 0 Å². The van der Waals surface area contributed by atoms with Gasteiger partial charge in [-0.15, -0.1) is 0 Å². The van der Waals surface area contributed by atoms with Crippen LogP contribution in [0.1, 0.15) is 59.8 Å². The number of aliphatic hydroxyl groups is 1. The molecule has 0 radical (unpaired) electrons. The first-order valence-corrected chi connectivity index (χ1v) is 10.2. The average molecular weight is 392 g/mol. The first-order valence-electron chi connectivity index (χ1n) is 10.2. The number of epoxide rings is 1. The van der Waals surface area contributed by atoms with Gasteiger partial charge in [-0.2, -0.15) is 0 Å². The predicted octanol–water partition coefficient (Wildman–Crippen LogP) is 3.08. The molecule has 0 saturated carbocycles. The minimum atomic E-state index is -0.891. The van der Waals surface area contributed by atoms with E-state index >= 15 is 0 Å². The summed E-state index contributed by atoms with van der Waals surface area (Å²) in [4.78, 5) is 24.0. The van der Waals surface area contributed by atoms with Gasteiger partial charge in [-0.25, -0.2) is 4.79 Å². The monoisotopic (exact) mass is 392 g/mol. The van der Waals surface area contributed by atoms with E-state index in [0.717, 1.165) is 12.8 Å². The lowest BCUT2D eigenvalue weighted by Crippen LogP contribution is -2.40. The van der Waals surface area contributed by atoms with E-state index in [4.69, 9.17) is 14.2 Å². The van der Waals surface area contributed by atoms with Gasteiger partial charge in [0.25, 0.3) is 0 Å². The van der Waals surface area contributed by atoms with E-state index in [0.29, 0.717) is 24.8 Å². The first kappa shape index (κ1) is 21.1. The molecule has 2 heterocycles. The van der Waals surface area contributed by atoms with Gasteiger partial charge < -0.3 is 19.3 Å². The van der Waals surface area contributed by atoms with Crippen molar-refractivity contribution in [1.82, 2.24) is 0 Å². The van der Waals surface area contributed by atoms with Crippen LogP contribution in [0.25, 0.3) is 0 Å². The summed E-state index contributed by atoms with van der Waals surface area (Å²) in [6, 6.07) is 0. The molecule has 7 atom stereocenters. The molecule has 0 amide bonds. The average Bonchev–Trinajstić information content (AvgIpc) is 3.13. The number of carbonyl (C=O) groups excluding carboxylic acids is 2. The van der Waals surface area contributed by atoms with Gasteiger partial charge in [0.2, 0.25) is 0 Å². The third kappa shape index (κ3) is 4.49. The summed E-state index contributed by atoms with van der Waals surface area (Å²) in [5.74, 6) is -1.08. The molecule has 6 nitrogen and oxygen atoms in total. The molecule has 0 aromatic carbocycles. The van der Waals surface area contributed by atoms with Gasteiger partial charge in [-0.1, -0.05) is 25.7 Å². The van der Waals surface area contributed by atoms with Crippen molar-refractivity contribution in [3.05, 3.63) is 24.3 Å². The van der Waals surface area contributed by atoms with Crippen molar-refractivity contribution in [3.63, 3.8) is 0 Å². The molecule has 28 heavy (non-hydrogen) atoms. The van der Waals surface area contributed by atoms with Gasteiger partial charge in [-0.3, -0.25) is 4.79 Å². The summed E-state index contributed by atoms with van der Waals surface area (Å²) < 4.78 is 17.2. The lowest BCUT2D eigenvalue weighted by molar-refractivity contribution is -0.165. The van der Waals surface area contributed by atoms with Crippen LogP contribution in [0.3, 0.4) is 0 Å². The molecule has 2 fully saturated rings. The smallest absolute Gasteiger partial charge is 0.334 e. The third-order valence-electron chi connectivity index (χ3n) is 6.38. The Labute approximate surface area is 166 Å². The molecular formula is C22H32O6. The highest BCUT2D eigenvalue weighted by Crippen LogP contribution is 2.47. The minimum Gasteiger partial charge on any atom is -0.458 e. The van der Waals surface area contributed by atoms with E-state index in [1.165, 1.54) is 6.92 Å². The number of hydrogen-bond donors (Lipinski definition) is 1. The standard InChI is InChI=1S/C22H32O6/c1-13-8-6-9-21(4,25)10-7-11-22(5)17(28-22)12-16-14(2)20(24)27-19(16)18(13)26-15(3)23/h7,10,13,16-19,25H,2,6,8-9,11-12H2,1,3-5H3/b10-7-/t13-,16-,17+,18+,19+,21?,22+/m0/s1. The molecule has 0 aromatic heterocycles. The maximum atomic E-state index is 12.3. The van der Waals surface area contributed by atoms with Gasteiger partial charge in [-0.05, 0) is 51.9 Å². The zero-order chi connectivity index (χ0) is 20.7. The fourth-order valence-corrected chi connectivity index (χ4v) is 4.48. The predicted molar refractivity (Wildman–Crippen MR) is 103 cm³/mol. The van der Waals surface area contributed by atoms with Crippen LogP contribution in [0.4, 0.5) is 0 Å². The molecule has 0 spiro atoms. The van der Waals surface area contributed by atoms with E-state index in [9.17, 15) is 14.7 Å². The van der Waals surface area contributed by atoms with E-state index in [1.54, 1.807) is 6.92 Å². The Morgan fingerprint density at radius 1 is 1.39 bits per heavy atom. The summed E-state index contributed by atoms with van der Waals surface area (Å²) in [6.45, 7) is 11.1. The summed E-state index contributed by atoms with van der Waals surface area (Å²) in [6.07, 6.45) is 6.10. The van der Waals surface area contributed by atoms with Crippen molar-refractivity contribution in [2.24, 2.45) is 11.8 Å². The lowest BCUT2D eigenvalue weighted by atomic mass is 9.81. The molecule has 1 N–H and O–H groups in total. The summed E-state index contributed by atoms with van der Waals surface area (Å²) in [5, 5.41) is 10.6. The second-order valence-corrected chi connectivity index (χ2v) is 9.06. The van der Waals surface area contributed by atoms with Crippen LogP contribution in [-0.4, -0.2) is 46.6 Å². The van der Waals surface area contributed by atoms with Crippen molar-refractivity contribution in [2.45, 2.75) is 89.3 Å². The molecule has 1 unspecified atom stereocenters. The Morgan fingerprint density at radius 2 is 2.11 bits per heavy atom. The van der Waals surface area contributed by atoms with Crippen molar-refractivity contribution in [2.75, 3.05) is 0 Å². The lowest BCUT2D eigenvalue weighted by Gasteiger charge is -2.31. The molecule has 0 aromatic rings. The van der Waals surface area contributed by atoms with Crippen LogP contribution in [0.2, 0.25) is 0 Å². The van der Waals surface area contributed by atoms with Gasteiger partial charge >= 0.3 is 11.9 Å². The van der Waals surface area contributed by atoms with E-state index in [2.05, 4.69) is 6.58 Å². The molecule has 3 rings (SSSR count). The highest BCUT2D eigenvalue weighted by Gasteiger charge is 2.56. The van der Waals surface area contributed by atoms with E-state index in [-0.39, 0.29) is 23.5 Å². The van der Waals surface area contributed by atoms with Gasteiger partial charge in [0.1, 0.15) is 12.2 Å². The van der Waals surface area contributed by atoms with Crippen molar-refractivity contribution in [3.8, 4) is 0 Å². The normalized spacial score (nSPS) is 45.2. The minimum absolute atomic E-state index is 0.0238. The molecule has 0 bridgehead atoms. The Balaban J connectivity index is 1.89. The Kier molecular flexibility index (Phi) is 5.74. The Bertz CT molecular complexity index is 681. The SMILES string of the molecule is C=C1C(=O)O[C@H]2[C@H](OC(C)=O)[C@@H](C)CCCC(C)(O)/C=C\C[C@@]3(C)O[C@@H]3C[C@@H]12.